The molecule has 6 heteroatoms. The van der Waals surface area contributed by atoms with Crippen molar-refractivity contribution in [1.82, 2.24) is 4.72 Å². The number of hydrogen-bond donors (Lipinski definition) is 1. The summed E-state index contributed by atoms with van der Waals surface area (Å²) >= 11 is 1.62. The molecule has 2 aromatic carbocycles. The number of sulfonamides is 1. The van der Waals surface area contributed by atoms with E-state index in [9.17, 15) is 12.8 Å². The number of benzene rings is 2. The molecule has 1 unspecified atom stereocenters. The Morgan fingerprint density at radius 1 is 1.17 bits per heavy atom. The molecule has 0 amide bonds. The Bertz CT molecular complexity index is 820. The molecule has 0 bridgehead atoms. The zero-order valence-electron chi connectivity index (χ0n) is 12.3. The van der Waals surface area contributed by atoms with Crippen LogP contribution in [0.15, 0.2) is 58.8 Å². The van der Waals surface area contributed by atoms with Gasteiger partial charge in [-0.05, 0) is 47.6 Å². The average molecular weight is 349 g/mol. The van der Waals surface area contributed by atoms with Gasteiger partial charge in [-0.15, -0.1) is 11.8 Å². The summed E-state index contributed by atoms with van der Waals surface area (Å²) < 4.78 is 40.7. The fourth-order valence-corrected chi connectivity index (χ4v) is 4.62. The lowest BCUT2D eigenvalue weighted by molar-refractivity contribution is 0.549. The van der Waals surface area contributed by atoms with Gasteiger partial charge < -0.3 is 0 Å². The van der Waals surface area contributed by atoms with Crippen molar-refractivity contribution >= 4 is 27.9 Å². The van der Waals surface area contributed by atoms with Crippen LogP contribution in [0.25, 0.3) is 6.08 Å². The Hall–Kier alpha value is -1.63. The summed E-state index contributed by atoms with van der Waals surface area (Å²) in [4.78, 5) is 0.928. The smallest absolute Gasteiger partial charge is 0.208 e. The molecule has 3 rings (SSSR count). The normalized spacial score (nSPS) is 18.0. The van der Waals surface area contributed by atoms with Crippen molar-refractivity contribution in [2.24, 2.45) is 0 Å². The molecule has 1 heterocycles. The molecule has 3 nitrogen and oxygen atoms in total. The van der Waals surface area contributed by atoms with E-state index in [1.807, 2.05) is 30.3 Å². The van der Waals surface area contributed by atoms with Crippen molar-refractivity contribution in [2.45, 2.75) is 17.4 Å². The molecule has 1 atom stereocenters. The maximum atomic E-state index is 13.5. The first kappa shape index (κ1) is 16.2. The topological polar surface area (TPSA) is 46.2 Å². The number of fused-ring (bicyclic) bond motifs is 1. The van der Waals surface area contributed by atoms with Crippen LogP contribution in [0.5, 0.6) is 0 Å². The van der Waals surface area contributed by atoms with E-state index in [4.69, 9.17) is 0 Å². The van der Waals surface area contributed by atoms with Gasteiger partial charge in [0.2, 0.25) is 10.0 Å². The van der Waals surface area contributed by atoms with Gasteiger partial charge in [-0.25, -0.2) is 17.5 Å². The maximum Gasteiger partial charge on any atom is 0.234 e. The number of thioether (sulfide) groups is 1. The van der Waals surface area contributed by atoms with E-state index >= 15 is 0 Å². The molecular formula is C17H16FNO2S2. The lowest BCUT2D eigenvalue weighted by Gasteiger charge is -2.25. The first-order valence-electron chi connectivity index (χ1n) is 7.21. The van der Waals surface area contributed by atoms with Crippen molar-refractivity contribution in [3.05, 3.63) is 70.9 Å². The number of nitrogens with one attached hydrogen (secondary N) is 1. The SMILES string of the molecule is O=S(=O)(/C=C/c1ccccc1)NC1CCSc2ccc(F)cc21. The van der Waals surface area contributed by atoms with E-state index in [2.05, 4.69) is 4.72 Å². The molecule has 0 saturated carbocycles. The van der Waals surface area contributed by atoms with Gasteiger partial charge in [-0.1, -0.05) is 30.3 Å². The molecule has 0 spiro atoms. The molecule has 2 aromatic rings. The zero-order chi connectivity index (χ0) is 16.3. The first-order valence-corrected chi connectivity index (χ1v) is 9.74. The highest BCUT2D eigenvalue weighted by Gasteiger charge is 2.24. The van der Waals surface area contributed by atoms with Gasteiger partial charge in [0.05, 0.1) is 0 Å². The van der Waals surface area contributed by atoms with E-state index in [1.54, 1.807) is 23.9 Å². The van der Waals surface area contributed by atoms with Crippen LogP contribution in [0.4, 0.5) is 4.39 Å². The van der Waals surface area contributed by atoms with Gasteiger partial charge >= 0.3 is 0 Å². The Labute approximate surface area is 139 Å². The van der Waals surface area contributed by atoms with E-state index in [0.29, 0.717) is 12.0 Å². The van der Waals surface area contributed by atoms with Crippen LogP contribution in [0.2, 0.25) is 0 Å². The van der Waals surface area contributed by atoms with Gasteiger partial charge in [0.15, 0.2) is 0 Å². The van der Waals surface area contributed by atoms with Crippen LogP contribution in [0.3, 0.4) is 0 Å². The molecule has 0 aliphatic carbocycles. The quantitative estimate of drug-likeness (QED) is 0.909. The van der Waals surface area contributed by atoms with Crippen LogP contribution < -0.4 is 4.72 Å². The van der Waals surface area contributed by atoms with Gasteiger partial charge in [0, 0.05) is 16.3 Å². The van der Waals surface area contributed by atoms with Gasteiger partial charge in [-0.2, -0.15) is 0 Å². The third-order valence-corrected chi connectivity index (χ3v) is 5.79. The first-order chi connectivity index (χ1) is 11.0. The highest BCUT2D eigenvalue weighted by atomic mass is 32.2. The van der Waals surface area contributed by atoms with Crippen LogP contribution in [-0.2, 0) is 10.0 Å². The van der Waals surface area contributed by atoms with Crippen molar-refractivity contribution in [3.63, 3.8) is 0 Å². The van der Waals surface area contributed by atoms with E-state index in [0.717, 1.165) is 21.6 Å². The summed E-state index contributed by atoms with van der Waals surface area (Å²) in [5.74, 6) is 0.448. The van der Waals surface area contributed by atoms with E-state index in [1.165, 1.54) is 12.1 Å². The van der Waals surface area contributed by atoms with Crippen molar-refractivity contribution in [2.75, 3.05) is 5.75 Å². The second kappa shape index (κ2) is 6.86. The predicted molar refractivity (Wildman–Crippen MR) is 92.0 cm³/mol. The van der Waals surface area contributed by atoms with Crippen LogP contribution in [0.1, 0.15) is 23.6 Å². The minimum Gasteiger partial charge on any atom is -0.208 e. The lowest BCUT2D eigenvalue weighted by Crippen LogP contribution is -2.29. The summed E-state index contributed by atoms with van der Waals surface area (Å²) in [6.07, 6.45) is 2.19. The minimum absolute atomic E-state index is 0.352. The summed E-state index contributed by atoms with van der Waals surface area (Å²) in [6.45, 7) is 0. The lowest BCUT2D eigenvalue weighted by atomic mass is 10.0. The van der Waals surface area contributed by atoms with Crippen molar-refractivity contribution < 1.29 is 12.8 Å². The molecule has 0 fully saturated rings. The molecular weight excluding hydrogens is 333 g/mol. The summed E-state index contributed by atoms with van der Waals surface area (Å²) in [5, 5.41) is 1.16. The largest absolute Gasteiger partial charge is 0.234 e. The molecule has 120 valence electrons. The summed E-state index contributed by atoms with van der Waals surface area (Å²) in [5.41, 5.74) is 1.52. The zero-order valence-corrected chi connectivity index (χ0v) is 13.9. The second-order valence-electron chi connectivity index (χ2n) is 5.25. The summed E-state index contributed by atoms with van der Waals surface area (Å²) in [6, 6.07) is 13.3. The Kier molecular flexibility index (Phi) is 4.84. The molecule has 23 heavy (non-hydrogen) atoms. The molecule has 0 saturated heterocycles. The molecule has 1 aliphatic heterocycles. The Morgan fingerprint density at radius 2 is 1.96 bits per heavy atom. The van der Waals surface area contributed by atoms with Crippen LogP contribution in [-0.4, -0.2) is 14.2 Å². The second-order valence-corrected chi connectivity index (χ2v) is 7.98. The molecule has 0 radical (unpaired) electrons. The molecule has 0 aromatic heterocycles. The van der Waals surface area contributed by atoms with Gasteiger partial charge in [0.1, 0.15) is 5.82 Å². The minimum atomic E-state index is -3.60. The molecule has 1 N–H and O–H groups in total. The third kappa shape index (κ3) is 4.22. The highest BCUT2D eigenvalue weighted by molar-refractivity contribution is 7.99. The monoisotopic (exact) mass is 349 g/mol. The van der Waals surface area contributed by atoms with Gasteiger partial charge in [-0.3, -0.25) is 0 Å². The van der Waals surface area contributed by atoms with E-state index < -0.39 is 16.1 Å². The summed E-state index contributed by atoms with van der Waals surface area (Å²) in [7, 11) is -3.60. The molecule has 1 aliphatic rings. The van der Waals surface area contributed by atoms with Gasteiger partial charge in [0.25, 0.3) is 0 Å². The van der Waals surface area contributed by atoms with Crippen molar-refractivity contribution in [3.8, 4) is 0 Å². The highest BCUT2D eigenvalue weighted by Crippen LogP contribution is 2.36. The fourth-order valence-electron chi connectivity index (χ4n) is 2.46. The Balaban J connectivity index is 1.79. The third-order valence-electron chi connectivity index (χ3n) is 3.56. The maximum absolute atomic E-state index is 13.5. The number of rotatable bonds is 4. The van der Waals surface area contributed by atoms with Crippen LogP contribution in [0, 0.1) is 5.82 Å². The fraction of sp³-hybridized carbons (Fsp3) is 0.176. The number of halogens is 1. The van der Waals surface area contributed by atoms with Crippen LogP contribution >= 0.6 is 11.8 Å². The predicted octanol–water partition coefficient (Wildman–Crippen LogP) is 3.95. The average Bonchev–Trinajstić information content (AvgIpc) is 2.54. The number of hydrogen-bond acceptors (Lipinski definition) is 3. The van der Waals surface area contributed by atoms with E-state index in [-0.39, 0.29) is 5.82 Å². The Morgan fingerprint density at radius 3 is 2.74 bits per heavy atom. The standard InChI is InChI=1S/C17H16FNO2S2/c18-14-6-7-17-15(12-14)16(8-10-22-17)19-23(20,21)11-9-13-4-2-1-3-5-13/h1-7,9,11-12,16,19H,8,10H2/b11-9+. The van der Waals surface area contributed by atoms with Crippen molar-refractivity contribution in [1.29, 1.82) is 0 Å².